The Hall–Kier alpha value is -3.30. The van der Waals surface area contributed by atoms with Crippen molar-refractivity contribution in [3.63, 3.8) is 0 Å². The number of carboxylic acid groups (broad SMARTS) is 1. The number of halogens is 1. The largest absolute Gasteiger partial charge is 0.507 e. The van der Waals surface area contributed by atoms with Crippen molar-refractivity contribution in [3.05, 3.63) is 52.0 Å². The van der Waals surface area contributed by atoms with E-state index in [1.54, 1.807) is 6.07 Å². The highest BCUT2D eigenvalue weighted by molar-refractivity contribution is 6.34. The van der Waals surface area contributed by atoms with E-state index in [9.17, 15) is 24.6 Å². The third-order valence-corrected chi connectivity index (χ3v) is 9.27. The summed E-state index contributed by atoms with van der Waals surface area (Å²) >= 11 is 6.18. The number of amides is 1. The van der Waals surface area contributed by atoms with Crippen molar-refractivity contribution in [3.8, 4) is 11.5 Å². The molecule has 0 saturated heterocycles. The normalized spacial score (nSPS) is 20.0. The van der Waals surface area contributed by atoms with Crippen molar-refractivity contribution < 1.29 is 34.1 Å². The number of carboxylic acids is 1. The molecule has 2 aliphatic carbocycles. The number of para-hydroxylation sites is 1. The van der Waals surface area contributed by atoms with Gasteiger partial charge in [0.15, 0.2) is 6.29 Å². The number of phenolic OH excluding ortho intramolecular Hbond substituents is 1. The average Bonchev–Trinajstić information content (AvgIpc) is 3.46. The van der Waals surface area contributed by atoms with Gasteiger partial charge in [0, 0.05) is 35.2 Å². The van der Waals surface area contributed by atoms with Gasteiger partial charge in [-0.2, -0.15) is 0 Å². The molecule has 0 atom stereocenters. The Morgan fingerprint density at radius 1 is 1.17 bits per heavy atom. The molecule has 3 N–H and O–H groups in total. The summed E-state index contributed by atoms with van der Waals surface area (Å²) in [6.45, 7) is 0.782. The Kier molecular flexibility index (Phi) is 10.1. The minimum Gasteiger partial charge on any atom is -0.507 e. The zero-order valence-corrected chi connectivity index (χ0v) is 24.4. The Labute approximate surface area is 245 Å². The van der Waals surface area contributed by atoms with Gasteiger partial charge in [-0.3, -0.25) is 14.9 Å². The summed E-state index contributed by atoms with van der Waals surface area (Å²) < 4.78 is 10.6. The van der Waals surface area contributed by atoms with Gasteiger partial charge in [0.1, 0.15) is 18.1 Å². The highest BCUT2D eigenvalue weighted by Crippen LogP contribution is 2.54. The second kappa shape index (κ2) is 13.6. The Morgan fingerprint density at radius 3 is 2.51 bits per heavy atom. The molecule has 222 valence electrons. The molecule has 2 aromatic rings. The summed E-state index contributed by atoms with van der Waals surface area (Å²) in [4.78, 5) is 37.1. The monoisotopic (exact) mass is 586 g/mol. The van der Waals surface area contributed by atoms with E-state index in [0.717, 1.165) is 56.9 Å². The molecule has 0 heterocycles. The lowest BCUT2D eigenvalue weighted by atomic mass is 9.63. The van der Waals surface area contributed by atoms with Crippen molar-refractivity contribution in [1.82, 2.24) is 4.90 Å². The summed E-state index contributed by atoms with van der Waals surface area (Å²) in [6, 6.07) is 8.85. The van der Waals surface area contributed by atoms with Crippen LogP contribution in [0.15, 0.2) is 30.3 Å². The maximum absolute atomic E-state index is 12.4. The third kappa shape index (κ3) is 6.96. The predicted octanol–water partition coefficient (Wildman–Crippen LogP) is 6.04. The Bertz CT molecular complexity index is 1250. The van der Waals surface area contributed by atoms with Crippen LogP contribution in [0.5, 0.6) is 11.5 Å². The standard InChI is InChI=1S/C31H39ClN2O7/c1-34(14-15-41-30(39)33-26-18-27(40-2)21(19-35)16-25(26)32)23-10-8-22(9-11-23)31(12-3-4-13-31)24-7-5-6-20(29(24)38)17-28(36)37/h5-7,16,18-19,22-23,38H,3-4,8-15,17H2,1-2H3,(H,33,39)(H,36,37). The van der Waals surface area contributed by atoms with Crippen molar-refractivity contribution in [2.45, 2.75) is 69.2 Å². The van der Waals surface area contributed by atoms with Crippen LogP contribution < -0.4 is 10.1 Å². The lowest BCUT2D eigenvalue weighted by Gasteiger charge is -2.44. The number of hydrogen-bond donors (Lipinski definition) is 3. The number of nitrogens with one attached hydrogen (secondary N) is 1. The van der Waals surface area contributed by atoms with Crippen LogP contribution in [0.1, 0.15) is 72.9 Å². The number of anilines is 1. The van der Waals surface area contributed by atoms with Gasteiger partial charge in [0.2, 0.25) is 0 Å². The molecule has 0 spiro atoms. The summed E-state index contributed by atoms with van der Waals surface area (Å²) in [5.41, 5.74) is 1.87. The van der Waals surface area contributed by atoms with Gasteiger partial charge >= 0.3 is 12.1 Å². The molecular formula is C31H39ClN2O7. The number of rotatable bonds is 11. The van der Waals surface area contributed by atoms with Crippen LogP contribution in [0.25, 0.3) is 0 Å². The summed E-state index contributed by atoms with van der Waals surface area (Å²) in [7, 11) is 3.47. The van der Waals surface area contributed by atoms with E-state index in [2.05, 4.69) is 10.2 Å². The van der Waals surface area contributed by atoms with Gasteiger partial charge in [-0.1, -0.05) is 42.6 Å². The number of aliphatic carboxylic acids is 1. The number of aromatic hydroxyl groups is 1. The van der Waals surface area contributed by atoms with Gasteiger partial charge in [-0.15, -0.1) is 0 Å². The molecular weight excluding hydrogens is 548 g/mol. The molecule has 0 radical (unpaired) electrons. The molecule has 0 aromatic heterocycles. The topological polar surface area (TPSA) is 125 Å². The first-order valence-corrected chi connectivity index (χ1v) is 14.6. The lowest BCUT2D eigenvalue weighted by Crippen LogP contribution is -2.42. The van der Waals surface area contributed by atoms with Crippen LogP contribution in [0, 0.1) is 5.92 Å². The van der Waals surface area contributed by atoms with Crippen LogP contribution in [-0.4, -0.2) is 66.8 Å². The lowest BCUT2D eigenvalue weighted by molar-refractivity contribution is -0.136. The predicted molar refractivity (Wildman–Crippen MR) is 156 cm³/mol. The number of likely N-dealkylation sites (N-methyl/N-ethyl adjacent to an activating group) is 1. The fourth-order valence-corrected chi connectivity index (χ4v) is 7.03. The fourth-order valence-electron chi connectivity index (χ4n) is 6.82. The molecule has 4 rings (SSSR count). The molecule has 0 aliphatic heterocycles. The number of carbonyl (C=O) groups excluding carboxylic acids is 2. The van der Waals surface area contributed by atoms with Crippen LogP contribution >= 0.6 is 11.6 Å². The SMILES string of the molecule is COc1cc(NC(=O)OCCN(C)C2CCC(C3(c4cccc(CC(=O)O)c4O)CCCC3)CC2)c(Cl)cc1C=O. The maximum atomic E-state index is 12.4. The number of benzene rings is 2. The molecule has 9 nitrogen and oxygen atoms in total. The van der Waals surface area contributed by atoms with Crippen LogP contribution in [0.2, 0.25) is 5.02 Å². The van der Waals surface area contributed by atoms with Crippen molar-refractivity contribution in [2.75, 3.05) is 32.6 Å². The first-order chi connectivity index (χ1) is 19.7. The van der Waals surface area contributed by atoms with E-state index in [0.29, 0.717) is 41.8 Å². The van der Waals surface area contributed by atoms with Gasteiger partial charge in [-0.25, -0.2) is 4.79 Å². The second-order valence-corrected chi connectivity index (χ2v) is 11.6. The van der Waals surface area contributed by atoms with Gasteiger partial charge in [0.25, 0.3) is 0 Å². The number of ether oxygens (including phenoxy) is 2. The number of carbonyl (C=O) groups is 3. The first kappa shape index (κ1) is 30.7. The minimum absolute atomic E-state index is 0.114. The number of nitrogens with zero attached hydrogens (tertiary/aromatic N) is 1. The van der Waals surface area contributed by atoms with Crippen molar-refractivity contribution in [1.29, 1.82) is 0 Å². The highest BCUT2D eigenvalue weighted by Gasteiger charge is 2.45. The van der Waals surface area contributed by atoms with Crippen LogP contribution in [-0.2, 0) is 21.4 Å². The van der Waals surface area contributed by atoms with Gasteiger partial charge in [-0.05, 0) is 57.6 Å². The van der Waals surface area contributed by atoms with E-state index in [1.807, 2.05) is 19.2 Å². The van der Waals surface area contributed by atoms with Crippen molar-refractivity contribution >= 4 is 35.6 Å². The third-order valence-electron chi connectivity index (χ3n) is 8.96. The number of hydrogen-bond acceptors (Lipinski definition) is 7. The smallest absolute Gasteiger partial charge is 0.411 e. The molecule has 2 fully saturated rings. The fraction of sp³-hybridized carbons (Fsp3) is 0.516. The Balaban J connectivity index is 1.30. The number of aldehydes is 1. The first-order valence-electron chi connectivity index (χ1n) is 14.2. The number of phenols is 1. The van der Waals surface area contributed by atoms with E-state index in [-0.39, 0.29) is 34.8 Å². The Morgan fingerprint density at radius 2 is 1.88 bits per heavy atom. The second-order valence-electron chi connectivity index (χ2n) is 11.2. The quantitative estimate of drug-likeness (QED) is 0.272. The zero-order valence-electron chi connectivity index (χ0n) is 23.7. The van der Waals surface area contributed by atoms with Crippen LogP contribution in [0.3, 0.4) is 0 Å². The summed E-state index contributed by atoms with van der Waals surface area (Å²) in [5, 5.41) is 23.2. The molecule has 0 bridgehead atoms. The summed E-state index contributed by atoms with van der Waals surface area (Å²) in [6.07, 6.45) is 8.12. The van der Waals surface area contributed by atoms with Gasteiger partial charge in [0.05, 0.1) is 29.8 Å². The molecule has 41 heavy (non-hydrogen) atoms. The van der Waals surface area contributed by atoms with E-state index in [4.69, 9.17) is 21.1 Å². The van der Waals surface area contributed by atoms with E-state index in [1.165, 1.54) is 19.2 Å². The summed E-state index contributed by atoms with van der Waals surface area (Å²) in [5.74, 6) is -0.0568. The highest BCUT2D eigenvalue weighted by atomic mass is 35.5. The maximum Gasteiger partial charge on any atom is 0.411 e. The van der Waals surface area contributed by atoms with E-state index >= 15 is 0 Å². The molecule has 1 amide bonds. The average molecular weight is 587 g/mol. The minimum atomic E-state index is -0.944. The molecule has 2 aliphatic rings. The molecule has 0 unspecified atom stereocenters. The molecule has 2 saturated carbocycles. The zero-order chi connectivity index (χ0) is 29.6. The molecule has 2 aromatic carbocycles. The number of methoxy groups -OCH3 is 1. The van der Waals surface area contributed by atoms with E-state index < -0.39 is 12.1 Å². The van der Waals surface area contributed by atoms with Crippen LogP contribution in [0.4, 0.5) is 10.5 Å². The van der Waals surface area contributed by atoms with Crippen molar-refractivity contribution in [2.24, 2.45) is 5.92 Å². The van der Waals surface area contributed by atoms with Gasteiger partial charge < -0.3 is 24.6 Å². The molecule has 10 heteroatoms.